The van der Waals surface area contributed by atoms with E-state index < -0.39 is 5.97 Å². The summed E-state index contributed by atoms with van der Waals surface area (Å²) in [7, 11) is 3.10. The highest BCUT2D eigenvalue weighted by Gasteiger charge is 2.29. The summed E-state index contributed by atoms with van der Waals surface area (Å²) >= 11 is 0. The number of ketones is 1. The number of benzene rings is 4. The van der Waals surface area contributed by atoms with Crippen molar-refractivity contribution in [3.05, 3.63) is 119 Å². The molecule has 0 saturated heterocycles. The van der Waals surface area contributed by atoms with E-state index in [0.717, 1.165) is 5.56 Å². The number of Topliss-reactive ketones (excluding diaryl/α,β-unsaturated/α-hetero) is 1. The third kappa shape index (κ3) is 5.17. The molecule has 0 aliphatic carbocycles. The average molecular weight is 563 g/mol. The molecule has 0 amide bonds. The van der Waals surface area contributed by atoms with Crippen molar-refractivity contribution in [3.8, 4) is 28.7 Å². The van der Waals surface area contributed by atoms with E-state index in [1.54, 1.807) is 75.8 Å². The number of fused-ring (bicyclic) bond motifs is 2. The summed E-state index contributed by atoms with van der Waals surface area (Å²) in [4.78, 5) is 26.4. The Morgan fingerprint density at radius 2 is 1.64 bits per heavy atom. The Morgan fingerprint density at radius 1 is 0.857 bits per heavy atom. The van der Waals surface area contributed by atoms with Crippen LogP contribution in [0, 0.1) is 6.92 Å². The summed E-state index contributed by atoms with van der Waals surface area (Å²) in [6.45, 7) is 2.09. The average Bonchev–Trinajstić information content (AvgIpc) is 3.50. The van der Waals surface area contributed by atoms with Crippen LogP contribution in [0.5, 0.6) is 28.7 Å². The van der Waals surface area contributed by atoms with Gasteiger partial charge in [-0.05, 0) is 67.1 Å². The first kappa shape index (κ1) is 26.7. The maximum Gasteiger partial charge on any atom is 0.347 e. The van der Waals surface area contributed by atoms with E-state index in [1.807, 2.05) is 30.3 Å². The number of allylic oxidation sites excluding steroid dienone is 1. The number of aryl methyl sites for hydroxylation is 1. The first-order chi connectivity index (χ1) is 20.4. The molecule has 0 saturated carbocycles. The van der Waals surface area contributed by atoms with E-state index in [1.165, 1.54) is 6.07 Å². The van der Waals surface area contributed by atoms with Crippen molar-refractivity contribution in [2.24, 2.45) is 0 Å². The molecule has 0 radical (unpaired) electrons. The quantitative estimate of drug-likeness (QED) is 0.112. The van der Waals surface area contributed by atoms with Crippen molar-refractivity contribution >= 4 is 28.8 Å². The summed E-state index contributed by atoms with van der Waals surface area (Å²) in [5, 5.41) is 0.577. The van der Waals surface area contributed by atoms with Crippen LogP contribution in [0.3, 0.4) is 0 Å². The summed E-state index contributed by atoms with van der Waals surface area (Å²) in [5.74, 6) is 1.89. The molecule has 5 aromatic rings. The van der Waals surface area contributed by atoms with Gasteiger partial charge in [0.15, 0.2) is 5.76 Å². The zero-order chi connectivity index (χ0) is 29.2. The van der Waals surface area contributed by atoms with Gasteiger partial charge in [-0.2, -0.15) is 0 Å². The van der Waals surface area contributed by atoms with Crippen LogP contribution in [0.2, 0.25) is 0 Å². The van der Waals surface area contributed by atoms with Gasteiger partial charge in [0.05, 0.1) is 19.8 Å². The maximum absolute atomic E-state index is 13.3. The van der Waals surface area contributed by atoms with Gasteiger partial charge in [0.2, 0.25) is 5.78 Å². The zero-order valence-corrected chi connectivity index (χ0v) is 23.1. The second-order valence-corrected chi connectivity index (χ2v) is 9.56. The molecule has 0 spiro atoms. The molecule has 42 heavy (non-hydrogen) atoms. The summed E-state index contributed by atoms with van der Waals surface area (Å²) in [6, 6.07) is 25.0. The van der Waals surface area contributed by atoms with Gasteiger partial charge in [0.25, 0.3) is 0 Å². The smallest absolute Gasteiger partial charge is 0.347 e. The fraction of sp³-hybridized carbons (Fsp3) is 0.118. The van der Waals surface area contributed by atoms with Crippen LogP contribution in [-0.4, -0.2) is 26.0 Å². The molecule has 8 heteroatoms. The monoisotopic (exact) mass is 562 g/mol. The molecular weight excluding hydrogens is 536 g/mol. The lowest BCUT2D eigenvalue weighted by Crippen LogP contribution is -2.09. The minimum atomic E-state index is -0.604. The van der Waals surface area contributed by atoms with Crippen LogP contribution in [0.15, 0.2) is 95.1 Å². The maximum atomic E-state index is 13.3. The Hall–Kier alpha value is -5.50. The first-order valence-corrected chi connectivity index (χ1v) is 13.2. The molecule has 1 aromatic heterocycles. The van der Waals surface area contributed by atoms with Crippen LogP contribution < -0.4 is 23.7 Å². The molecule has 1 aliphatic heterocycles. The normalized spacial score (nSPS) is 13.1. The molecule has 0 bridgehead atoms. The molecule has 210 valence electrons. The Morgan fingerprint density at radius 3 is 2.43 bits per heavy atom. The number of methoxy groups -OCH3 is 2. The number of rotatable bonds is 8. The molecule has 6 rings (SSSR count). The molecule has 0 unspecified atom stereocenters. The van der Waals surface area contributed by atoms with Gasteiger partial charge in [-0.25, -0.2) is 4.79 Å². The summed E-state index contributed by atoms with van der Waals surface area (Å²) < 4.78 is 34.0. The highest BCUT2D eigenvalue weighted by Crippen LogP contribution is 2.37. The van der Waals surface area contributed by atoms with Crippen molar-refractivity contribution in [1.29, 1.82) is 0 Å². The number of esters is 1. The fourth-order valence-electron chi connectivity index (χ4n) is 4.77. The minimum absolute atomic E-state index is 0.111. The number of hydrogen-bond acceptors (Lipinski definition) is 8. The summed E-state index contributed by atoms with van der Waals surface area (Å²) in [6.07, 6.45) is 1.59. The van der Waals surface area contributed by atoms with Crippen molar-refractivity contribution in [3.63, 3.8) is 0 Å². The predicted octanol–water partition coefficient (Wildman–Crippen LogP) is 7.17. The topological polar surface area (TPSA) is 93.4 Å². The van der Waals surface area contributed by atoms with E-state index in [-0.39, 0.29) is 23.0 Å². The molecule has 0 N–H and O–H groups in total. The third-order valence-corrected chi connectivity index (χ3v) is 6.86. The number of hydrogen-bond donors (Lipinski definition) is 0. The lowest BCUT2D eigenvalue weighted by atomic mass is 10.1. The third-order valence-electron chi connectivity index (χ3n) is 6.86. The molecular formula is C34H26O8. The number of ether oxygens (including phenoxy) is 5. The minimum Gasteiger partial charge on any atom is -0.497 e. The van der Waals surface area contributed by atoms with Crippen LogP contribution in [-0.2, 0) is 6.61 Å². The Balaban J connectivity index is 1.22. The Labute approximate surface area is 241 Å². The van der Waals surface area contributed by atoms with Crippen molar-refractivity contribution < 1.29 is 37.7 Å². The number of carbonyl (C=O) groups is 2. The molecule has 8 nitrogen and oxygen atoms in total. The highest BCUT2D eigenvalue weighted by molar-refractivity contribution is 6.14. The zero-order valence-electron chi connectivity index (χ0n) is 23.1. The van der Waals surface area contributed by atoms with E-state index in [9.17, 15) is 9.59 Å². The van der Waals surface area contributed by atoms with Crippen LogP contribution in [0.4, 0.5) is 0 Å². The van der Waals surface area contributed by atoms with Crippen LogP contribution >= 0.6 is 0 Å². The van der Waals surface area contributed by atoms with E-state index in [4.69, 9.17) is 28.1 Å². The molecule has 1 aliphatic rings. The lowest BCUT2D eigenvalue weighted by Gasteiger charge is -2.08. The Bertz CT molecular complexity index is 1850. The molecule has 0 atom stereocenters. The lowest BCUT2D eigenvalue weighted by molar-refractivity contribution is 0.0734. The SMILES string of the molecule is COc1ccc(OC)c(C=C2Oc3cc(OC(=O)c4c(C)oc5ccc(OCc6ccccc6)cc45)ccc3C2=O)c1. The molecule has 0 fully saturated rings. The Kier molecular flexibility index (Phi) is 7.10. The summed E-state index contributed by atoms with van der Waals surface area (Å²) in [5.41, 5.74) is 2.83. The van der Waals surface area contributed by atoms with Gasteiger partial charge >= 0.3 is 5.97 Å². The number of carbonyl (C=O) groups excluding carboxylic acids is 2. The van der Waals surface area contributed by atoms with Crippen LogP contribution in [0.25, 0.3) is 17.0 Å². The van der Waals surface area contributed by atoms with Gasteiger partial charge in [0.1, 0.15) is 52.3 Å². The second kappa shape index (κ2) is 11.2. The van der Waals surface area contributed by atoms with Gasteiger partial charge in [-0.3, -0.25) is 4.79 Å². The standard InChI is InChI=1S/C34H26O8/c1-20-32(27-17-24(11-14-29(27)40-20)39-19-21-7-5-4-6-8-21)34(36)41-25-9-12-26-30(18-25)42-31(33(26)35)16-22-15-23(37-2)10-13-28(22)38-3/h4-18H,19H2,1-3H3. The second-order valence-electron chi connectivity index (χ2n) is 9.56. The van der Waals surface area contributed by atoms with Crippen molar-refractivity contribution in [2.75, 3.05) is 14.2 Å². The number of furan rings is 1. The van der Waals surface area contributed by atoms with Crippen molar-refractivity contribution in [1.82, 2.24) is 0 Å². The van der Waals surface area contributed by atoms with E-state index >= 15 is 0 Å². The van der Waals surface area contributed by atoms with Gasteiger partial charge in [0, 0.05) is 17.0 Å². The van der Waals surface area contributed by atoms with Gasteiger partial charge in [-0.1, -0.05) is 30.3 Å². The van der Waals surface area contributed by atoms with Gasteiger partial charge in [-0.15, -0.1) is 0 Å². The van der Waals surface area contributed by atoms with E-state index in [2.05, 4.69) is 0 Å². The fourth-order valence-corrected chi connectivity index (χ4v) is 4.77. The molecule has 4 aromatic carbocycles. The predicted molar refractivity (Wildman–Crippen MR) is 156 cm³/mol. The van der Waals surface area contributed by atoms with Gasteiger partial charge < -0.3 is 28.1 Å². The van der Waals surface area contributed by atoms with Crippen molar-refractivity contribution in [2.45, 2.75) is 13.5 Å². The largest absolute Gasteiger partial charge is 0.497 e. The van der Waals surface area contributed by atoms with Crippen LogP contribution in [0.1, 0.15) is 37.6 Å². The first-order valence-electron chi connectivity index (χ1n) is 13.2. The molecule has 2 heterocycles. The van der Waals surface area contributed by atoms with E-state index in [0.29, 0.717) is 57.3 Å². The highest BCUT2D eigenvalue weighted by atomic mass is 16.5.